The van der Waals surface area contributed by atoms with Gasteiger partial charge in [-0.15, -0.1) is 10.2 Å². The van der Waals surface area contributed by atoms with Crippen LogP contribution in [0.4, 0.5) is 5.69 Å². The van der Waals surface area contributed by atoms with Gasteiger partial charge < -0.3 is 15.1 Å². The van der Waals surface area contributed by atoms with Gasteiger partial charge in [0.2, 0.25) is 5.65 Å². The number of rotatable bonds is 3. The number of hydrogen-bond acceptors (Lipinski definition) is 6. The van der Waals surface area contributed by atoms with E-state index in [1.807, 2.05) is 6.92 Å². The molecule has 4 saturated heterocycles. The van der Waals surface area contributed by atoms with E-state index in [1.54, 1.807) is 10.8 Å². The van der Waals surface area contributed by atoms with E-state index in [4.69, 9.17) is 0 Å². The number of benzene rings is 1. The highest BCUT2D eigenvalue weighted by molar-refractivity contribution is 5.67. The predicted molar refractivity (Wildman–Crippen MR) is 107 cm³/mol. The third-order valence-corrected chi connectivity index (χ3v) is 6.85. The summed E-state index contributed by atoms with van der Waals surface area (Å²) >= 11 is 0. The van der Waals surface area contributed by atoms with Crippen LogP contribution in [-0.4, -0.2) is 74.9 Å². The average molecular weight is 375 g/mol. The monoisotopic (exact) mass is 375 g/mol. The first kappa shape index (κ1) is 16.4. The van der Waals surface area contributed by atoms with Crippen LogP contribution < -0.4 is 5.32 Å². The number of fused-ring (bicyclic) bond motifs is 2. The molecule has 0 radical (unpaired) electrons. The fourth-order valence-electron chi connectivity index (χ4n) is 5.79. The fraction of sp³-hybridized carbons (Fsp3) is 0.476. The predicted octanol–water partition coefficient (Wildman–Crippen LogP) is 1.41. The highest BCUT2D eigenvalue weighted by Gasteiger charge is 2.55. The molecule has 28 heavy (non-hydrogen) atoms. The van der Waals surface area contributed by atoms with E-state index in [-0.39, 0.29) is 5.41 Å². The summed E-state index contributed by atoms with van der Waals surface area (Å²) in [6.07, 6.45) is 1.68. The Labute approximate surface area is 164 Å². The summed E-state index contributed by atoms with van der Waals surface area (Å²) in [4.78, 5) is 5.35. The number of piperidine rings is 2. The molecule has 144 valence electrons. The largest absolute Gasteiger partial charge is 0.378 e. The number of nitrogens with zero attached hydrogens (tertiary/aromatic N) is 6. The maximum Gasteiger partial charge on any atom is 0.200 e. The van der Waals surface area contributed by atoms with Gasteiger partial charge in [-0.3, -0.25) is 0 Å². The van der Waals surface area contributed by atoms with Crippen LogP contribution in [-0.2, 0) is 5.41 Å². The van der Waals surface area contributed by atoms with Crippen molar-refractivity contribution >= 4 is 11.3 Å². The maximum absolute atomic E-state index is 4.51. The van der Waals surface area contributed by atoms with Crippen LogP contribution in [0.25, 0.3) is 5.65 Å². The van der Waals surface area contributed by atoms with Crippen molar-refractivity contribution in [1.29, 1.82) is 0 Å². The van der Waals surface area contributed by atoms with Gasteiger partial charge in [0.1, 0.15) is 6.33 Å². The smallest absolute Gasteiger partial charge is 0.200 e. The Bertz CT molecular complexity index is 998. The standard InChI is InChI=1S/C21H25N7/c1-15-9-18(20-24-22-14-28(20)25-15)23-19-16-10-26-7-8-27(11-16)13-21(19,12-26)17-5-3-2-4-6-17/h2-6,9,14,16,19,23H,7-8,10-13H2,1H3. The first-order chi connectivity index (χ1) is 13.7. The second-order valence-electron chi connectivity index (χ2n) is 8.67. The summed E-state index contributed by atoms with van der Waals surface area (Å²) < 4.78 is 1.78. The quantitative estimate of drug-likeness (QED) is 0.747. The van der Waals surface area contributed by atoms with Crippen LogP contribution in [0.3, 0.4) is 0 Å². The van der Waals surface area contributed by atoms with Gasteiger partial charge in [0, 0.05) is 56.6 Å². The van der Waals surface area contributed by atoms with Crippen molar-refractivity contribution in [3.63, 3.8) is 0 Å². The van der Waals surface area contributed by atoms with E-state index >= 15 is 0 Å². The summed E-state index contributed by atoms with van der Waals surface area (Å²) in [5, 5.41) is 16.8. The molecular formula is C21H25N7. The van der Waals surface area contributed by atoms with Crippen molar-refractivity contribution in [2.24, 2.45) is 5.92 Å². The van der Waals surface area contributed by atoms with Crippen molar-refractivity contribution in [2.45, 2.75) is 18.4 Å². The number of nitrogens with one attached hydrogen (secondary N) is 1. The molecule has 1 aromatic carbocycles. The lowest BCUT2D eigenvalue weighted by atomic mass is 9.64. The summed E-state index contributed by atoms with van der Waals surface area (Å²) in [5.74, 6) is 0.585. The third-order valence-electron chi connectivity index (χ3n) is 6.85. The van der Waals surface area contributed by atoms with Crippen molar-refractivity contribution in [1.82, 2.24) is 29.6 Å². The summed E-state index contributed by atoms with van der Waals surface area (Å²) in [6, 6.07) is 13.6. The molecule has 0 saturated carbocycles. The van der Waals surface area contributed by atoms with Crippen LogP contribution in [0, 0.1) is 12.8 Å². The molecule has 4 fully saturated rings. The minimum absolute atomic E-state index is 0.0765. The topological polar surface area (TPSA) is 61.6 Å². The number of aryl methyl sites for hydroxylation is 1. The Hall–Kier alpha value is -2.51. The van der Waals surface area contributed by atoms with Crippen molar-refractivity contribution in [3.05, 3.63) is 54.0 Å². The molecule has 2 aromatic heterocycles. The lowest BCUT2D eigenvalue weighted by Crippen LogP contribution is -2.68. The Morgan fingerprint density at radius 2 is 1.82 bits per heavy atom. The Balaban J connectivity index is 1.48. The lowest BCUT2D eigenvalue weighted by molar-refractivity contribution is 0.0439. The van der Waals surface area contributed by atoms with E-state index in [2.05, 4.69) is 66.8 Å². The average Bonchev–Trinajstić information content (AvgIpc) is 3.02. The van der Waals surface area contributed by atoms with Crippen molar-refractivity contribution in [2.75, 3.05) is 44.6 Å². The number of anilines is 1. The van der Waals surface area contributed by atoms with Gasteiger partial charge >= 0.3 is 0 Å². The van der Waals surface area contributed by atoms with Crippen molar-refractivity contribution in [3.8, 4) is 0 Å². The molecule has 7 nitrogen and oxygen atoms in total. The molecule has 0 spiro atoms. The van der Waals surface area contributed by atoms with Crippen LogP contribution in [0.1, 0.15) is 11.3 Å². The molecule has 3 aromatic rings. The fourth-order valence-corrected chi connectivity index (χ4v) is 5.79. The molecule has 0 amide bonds. The van der Waals surface area contributed by atoms with Gasteiger partial charge in [0.15, 0.2) is 0 Å². The normalized spacial score (nSPS) is 33.9. The first-order valence-electron chi connectivity index (χ1n) is 10.2. The summed E-state index contributed by atoms with van der Waals surface area (Å²) in [5.41, 5.74) is 4.34. The maximum atomic E-state index is 4.51. The first-order valence-corrected chi connectivity index (χ1v) is 10.2. The second-order valence-corrected chi connectivity index (χ2v) is 8.67. The van der Waals surface area contributed by atoms with Gasteiger partial charge in [0.25, 0.3) is 0 Å². The van der Waals surface area contributed by atoms with Gasteiger partial charge in [-0.05, 0) is 18.6 Å². The van der Waals surface area contributed by atoms with Gasteiger partial charge in [0.05, 0.1) is 11.4 Å². The highest BCUT2D eigenvalue weighted by atomic mass is 15.4. The van der Waals surface area contributed by atoms with Crippen molar-refractivity contribution < 1.29 is 0 Å². The Kier molecular flexibility index (Phi) is 3.52. The minimum Gasteiger partial charge on any atom is -0.378 e. The molecule has 4 aliphatic heterocycles. The number of hydrogen-bond donors (Lipinski definition) is 1. The molecule has 4 bridgehead atoms. The van der Waals surface area contributed by atoms with Gasteiger partial charge in [-0.2, -0.15) is 9.61 Å². The van der Waals surface area contributed by atoms with E-state index in [9.17, 15) is 0 Å². The van der Waals surface area contributed by atoms with Gasteiger partial charge in [-0.1, -0.05) is 30.3 Å². The van der Waals surface area contributed by atoms with E-state index in [1.165, 1.54) is 18.7 Å². The van der Waals surface area contributed by atoms with E-state index in [0.29, 0.717) is 12.0 Å². The lowest BCUT2D eigenvalue weighted by Gasteiger charge is -2.56. The summed E-state index contributed by atoms with van der Waals surface area (Å²) in [7, 11) is 0. The Morgan fingerprint density at radius 1 is 1.07 bits per heavy atom. The van der Waals surface area contributed by atoms with Crippen LogP contribution in [0.5, 0.6) is 0 Å². The minimum atomic E-state index is 0.0765. The second kappa shape index (κ2) is 5.99. The highest BCUT2D eigenvalue weighted by Crippen LogP contribution is 2.44. The van der Waals surface area contributed by atoms with Crippen LogP contribution in [0.2, 0.25) is 0 Å². The molecule has 3 unspecified atom stereocenters. The molecule has 7 rings (SSSR count). The zero-order valence-corrected chi connectivity index (χ0v) is 16.1. The SMILES string of the molecule is Cc1cc(NC2C3CN4CCN(C3)CC2(c2ccccc2)C4)c2nncn2n1. The molecule has 7 heteroatoms. The van der Waals surface area contributed by atoms with E-state index in [0.717, 1.165) is 43.2 Å². The zero-order valence-electron chi connectivity index (χ0n) is 16.1. The molecule has 4 aliphatic rings. The van der Waals surface area contributed by atoms with Crippen LogP contribution in [0.15, 0.2) is 42.7 Å². The Morgan fingerprint density at radius 3 is 2.57 bits per heavy atom. The molecular weight excluding hydrogens is 350 g/mol. The zero-order chi connectivity index (χ0) is 18.7. The molecule has 1 N–H and O–H groups in total. The van der Waals surface area contributed by atoms with Gasteiger partial charge in [-0.25, -0.2) is 0 Å². The summed E-state index contributed by atoms with van der Waals surface area (Å²) in [6.45, 7) is 8.92. The molecule has 3 atom stereocenters. The molecule has 0 aliphatic carbocycles. The van der Waals surface area contributed by atoms with Crippen LogP contribution >= 0.6 is 0 Å². The number of aromatic nitrogens is 4. The molecule has 6 heterocycles. The van der Waals surface area contributed by atoms with E-state index < -0.39 is 0 Å². The third kappa shape index (κ3) is 2.39.